The summed E-state index contributed by atoms with van der Waals surface area (Å²) >= 11 is 0. The van der Waals surface area contributed by atoms with E-state index < -0.39 is 94.2 Å². The standard InChI is InChI=1S/C31H28O16/c1-43-17-6-4-13(9-16(17)34)30-28(41)26(39)22-18(45-30)10-19(23(36)25(22)38)46-31-29(42)27(40)24(37)20(47-31)11-44-21(35)7-3-12-2-5-14(32)15(33)8-12/h2-10,20,24,27,29,31-34,36-38,40-42H,11H2,1H3/b7-3+/t20-,24-,27+,29-,31-/m1/s1. The molecular formula is C31H28O16. The number of carbonyl (C=O) groups is 1. The Bertz CT molecular complexity index is 1910. The molecule has 1 fully saturated rings. The lowest BCUT2D eigenvalue weighted by molar-refractivity contribution is -0.278. The van der Waals surface area contributed by atoms with Crippen molar-refractivity contribution in [2.75, 3.05) is 13.7 Å². The number of fused-ring (bicyclic) bond motifs is 1. The largest absolute Gasteiger partial charge is 0.504 e. The number of aliphatic hydroxyl groups is 3. The van der Waals surface area contributed by atoms with Crippen molar-refractivity contribution >= 4 is 23.0 Å². The van der Waals surface area contributed by atoms with Crippen molar-refractivity contribution in [2.24, 2.45) is 0 Å². The summed E-state index contributed by atoms with van der Waals surface area (Å²) in [5.74, 6) is -6.08. The number of aliphatic hydroxyl groups excluding tert-OH is 3. The van der Waals surface area contributed by atoms with E-state index in [2.05, 4.69) is 0 Å². The Morgan fingerprint density at radius 2 is 1.57 bits per heavy atom. The predicted molar refractivity (Wildman–Crippen MR) is 158 cm³/mol. The zero-order chi connectivity index (χ0) is 34.2. The smallest absolute Gasteiger partial charge is 0.330 e. The second kappa shape index (κ2) is 13.0. The molecule has 3 aromatic carbocycles. The molecule has 1 saturated heterocycles. The molecule has 0 unspecified atom stereocenters. The fourth-order valence-corrected chi connectivity index (χ4v) is 4.71. The van der Waals surface area contributed by atoms with Gasteiger partial charge in [0.1, 0.15) is 42.0 Å². The van der Waals surface area contributed by atoms with Gasteiger partial charge in [-0.25, -0.2) is 4.79 Å². The van der Waals surface area contributed by atoms with Gasteiger partial charge >= 0.3 is 5.97 Å². The molecule has 5 rings (SSSR count). The van der Waals surface area contributed by atoms with E-state index in [0.29, 0.717) is 5.56 Å². The zero-order valence-electron chi connectivity index (χ0n) is 24.2. The molecule has 2 heterocycles. The van der Waals surface area contributed by atoms with E-state index in [1.807, 2.05) is 0 Å². The van der Waals surface area contributed by atoms with Gasteiger partial charge in [-0.3, -0.25) is 4.79 Å². The Morgan fingerprint density at radius 1 is 0.830 bits per heavy atom. The van der Waals surface area contributed by atoms with Gasteiger partial charge in [-0.15, -0.1) is 0 Å². The number of aromatic hydroxyl groups is 6. The molecule has 4 aromatic rings. The van der Waals surface area contributed by atoms with Crippen molar-refractivity contribution in [1.29, 1.82) is 0 Å². The van der Waals surface area contributed by atoms with Crippen LogP contribution in [-0.2, 0) is 14.3 Å². The first-order valence-corrected chi connectivity index (χ1v) is 13.7. The highest BCUT2D eigenvalue weighted by molar-refractivity contribution is 5.91. The molecule has 16 heteroatoms. The molecule has 0 bridgehead atoms. The van der Waals surface area contributed by atoms with Crippen molar-refractivity contribution in [1.82, 2.24) is 0 Å². The molecule has 0 amide bonds. The minimum atomic E-state index is -1.94. The third kappa shape index (κ3) is 6.38. The molecule has 5 atom stereocenters. The summed E-state index contributed by atoms with van der Waals surface area (Å²) in [7, 11) is 1.31. The Hall–Kier alpha value is -5.68. The first kappa shape index (κ1) is 32.7. The van der Waals surface area contributed by atoms with Crippen molar-refractivity contribution in [3.05, 3.63) is 64.3 Å². The highest BCUT2D eigenvalue weighted by Gasteiger charge is 2.46. The molecular weight excluding hydrogens is 628 g/mol. The number of carbonyl (C=O) groups excluding carboxylic acids is 1. The monoisotopic (exact) mass is 656 g/mol. The molecule has 9 N–H and O–H groups in total. The lowest BCUT2D eigenvalue weighted by atomic mass is 9.99. The maximum Gasteiger partial charge on any atom is 0.330 e. The molecule has 248 valence electrons. The molecule has 47 heavy (non-hydrogen) atoms. The quantitative estimate of drug-likeness (QED) is 0.0731. The van der Waals surface area contributed by atoms with Crippen molar-refractivity contribution in [3.63, 3.8) is 0 Å². The molecule has 0 saturated carbocycles. The summed E-state index contributed by atoms with van der Waals surface area (Å²) in [6, 6.07) is 8.56. The average molecular weight is 657 g/mol. The normalized spacial score (nSPS) is 21.1. The maximum atomic E-state index is 13.0. The number of phenols is 5. The molecule has 0 radical (unpaired) electrons. The highest BCUT2D eigenvalue weighted by Crippen LogP contribution is 2.44. The van der Waals surface area contributed by atoms with Gasteiger partial charge in [0.2, 0.25) is 23.2 Å². The van der Waals surface area contributed by atoms with Crippen LogP contribution in [0.4, 0.5) is 0 Å². The minimum absolute atomic E-state index is 0.0337. The number of hydrogen-bond donors (Lipinski definition) is 9. The van der Waals surface area contributed by atoms with E-state index >= 15 is 0 Å². The predicted octanol–water partition coefficient (Wildman–Crippen LogP) is 1.15. The van der Waals surface area contributed by atoms with Crippen molar-refractivity contribution in [2.45, 2.75) is 30.7 Å². The Balaban J connectivity index is 1.38. The number of benzene rings is 3. The van der Waals surface area contributed by atoms with E-state index in [4.69, 9.17) is 23.4 Å². The van der Waals surface area contributed by atoms with E-state index in [9.17, 15) is 55.5 Å². The van der Waals surface area contributed by atoms with E-state index in [1.165, 1.54) is 43.5 Å². The van der Waals surface area contributed by atoms with Crippen LogP contribution in [0.25, 0.3) is 28.4 Å². The molecule has 1 aliphatic rings. The molecule has 0 aliphatic carbocycles. The number of ether oxygens (including phenoxy) is 4. The maximum absolute atomic E-state index is 13.0. The van der Waals surface area contributed by atoms with Crippen LogP contribution < -0.4 is 14.9 Å². The second-order valence-corrected chi connectivity index (χ2v) is 10.3. The number of rotatable bonds is 8. The van der Waals surface area contributed by atoms with E-state index in [1.54, 1.807) is 0 Å². The third-order valence-corrected chi connectivity index (χ3v) is 7.23. The van der Waals surface area contributed by atoms with Gasteiger partial charge in [0.15, 0.2) is 40.3 Å². The Labute approximate surface area is 263 Å². The van der Waals surface area contributed by atoms with E-state index in [-0.39, 0.29) is 22.8 Å². The van der Waals surface area contributed by atoms with Crippen LogP contribution >= 0.6 is 0 Å². The number of phenolic OH excluding ortho intramolecular Hbond substituents is 5. The van der Waals surface area contributed by atoms with Crippen molar-refractivity contribution in [3.8, 4) is 57.3 Å². The van der Waals surface area contributed by atoms with Gasteiger partial charge in [0.25, 0.3) is 0 Å². The SMILES string of the molecule is COc1ccc(-c2oc3cc(O[C@@H]4O[C@H](COC(=O)/C=C/c5ccc(O)c(O)c5)[C@@H](O)[C@H](O)[C@H]4O)c(O)c(O)c3c(=O)c2O)cc1O. The summed E-state index contributed by atoms with van der Waals surface area (Å²) < 4.78 is 26.7. The third-order valence-electron chi connectivity index (χ3n) is 7.23. The van der Waals surface area contributed by atoms with Crippen LogP contribution in [0.2, 0.25) is 0 Å². The molecule has 0 spiro atoms. The van der Waals surface area contributed by atoms with Gasteiger partial charge in [-0.05, 0) is 42.0 Å². The molecule has 1 aliphatic heterocycles. The summed E-state index contributed by atoms with van der Waals surface area (Å²) in [6.07, 6.45) is -6.72. The first-order chi connectivity index (χ1) is 22.3. The summed E-state index contributed by atoms with van der Waals surface area (Å²) in [5, 5.41) is 91.6. The zero-order valence-corrected chi connectivity index (χ0v) is 24.2. The van der Waals surface area contributed by atoms with Crippen LogP contribution in [0.5, 0.6) is 46.0 Å². The Kier molecular flexibility index (Phi) is 9.03. The van der Waals surface area contributed by atoms with Gasteiger partial charge in [0.05, 0.1) is 7.11 Å². The number of hydrogen-bond acceptors (Lipinski definition) is 16. The first-order valence-electron chi connectivity index (χ1n) is 13.7. The van der Waals surface area contributed by atoms with Crippen LogP contribution in [0.3, 0.4) is 0 Å². The lowest BCUT2D eigenvalue weighted by Gasteiger charge is -2.39. The van der Waals surface area contributed by atoms with Crippen LogP contribution in [0.1, 0.15) is 5.56 Å². The molecule has 1 aromatic heterocycles. The van der Waals surface area contributed by atoms with Crippen LogP contribution in [0.15, 0.2) is 57.8 Å². The minimum Gasteiger partial charge on any atom is -0.504 e. The topological polar surface area (TPSA) is 266 Å². The van der Waals surface area contributed by atoms with Gasteiger partial charge in [0, 0.05) is 17.7 Å². The lowest BCUT2D eigenvalue weighted by Crippen LogP contribution is -2.60. The summed E-state index contributed by atoms with van der Waals surface area (Å²) in [4.78, 5) is 25.2. The van der Waals surface area contributed by atoms with Gasteiger partial charge in [-0.1, -0.05) is 6.07 Å². The number of esters is 1. The summed E-state index contributed by atoms with van der Waals surface area (Å²) in [5.41, 5.74) is -1.20. The molecule has 16 nitrogen and oxygen atoms in total. The summed E-state index contributed by atoms with van der Waals surface area (Å²) in [6.45, 7) is -0.657. The van der Waals surface area contributed by atoms with Gasteiger partial charge in [-0.2, -0.15) is 0 Å². The van der Waals surface area contributed by atoms with Crippen LogP contribution in [-0.4, -0.2) is 96.4 Å². The average Bonchev–Trinajstić information content (AvgIpc) is 3.05. The highest BCUT2D eigenvalue weighted by atomic mass is 16.7. The van der Waals surface area contributed by atoms with Crippen LogP contribution in [0, 0.1) is 0 Å². The second-order valence-electron chi connectivity index (χ2n) is 10.3. The fraction of sp³-hybridized carbons (Fsp3) is 0.226. The van der Waals surface area contributed by atoms with Gasteiger partial charge < -0.3 is 69.3 Å². The Morgan fingerprint density at radius 3 is 2.26 bits per heavy atom. The number of methoxy groups -OCH3 is 1. The van der Waals surface area contributed by atoms with Crippen molar-refractivity contribution < 1.29 is 74.1 Å². The van der Waals surface area contributed by atoms with E-state index in [0.717, 1.165) is 18.2 Å². The fourth-order valence-electron chi connectivity index (χ4n) is 4.71.